The summed E-state index contributed by atoms with van der Waals surface area (Å²) in [6, 6.07) is 18.0. The van der Waals surface area contributed by atoms with Gasteiger partial charge in [-0.05, 0) is 55.4 Å². The van der Waals surface area contributed by atoms with Crippen molar-refractivity contribution in [1.82, 2.24) is 0 Å². The maximum atomic E-state index is 13.4. The van der Waals surface area contributed by atoms with E-state index in [0.29, 0.717) is 11.8 Å². The van der Waals surface area contributed by atoms with E-state index in [-0.39, 0.29) is 11.6 Å². The number of fused-ring (bicyclic) bond motifs is 1. The number of carbonyl (C=O) groups excluding carboxylic acids is 1. The van der Waals surface area contributed by atoms with E-state index in [1.54, 1.807) is 0 Å². The second-order valence-electron chi connectivity index (χ2n) is 7.53. The molecule has 0 unspecified atom stereocenters. The Morgan fingerprint density at radius 1 is 0.958 bits per heavy atom. The number of hydrogen-bond donors (Lipinski definition) is 1. The van der Waals surface area contributed by atoms with Crippen LogP contribution in [0.25, 0.3) is 0 Å². The van der Waals surface area contributed by atoms with Crippen molar-refractivity contribution in [3.63, 3.8) is 0 Å². The minimum absolute atomic E-state index is 0.108. The first-order chi connectivity index (χ1) is 11.6. The van der Waals surface area contributed by atoms with Crippen LogP contribution in [0.1, 0.15) is 43.5 Å². The Labute approximate surface area is 143 Å². The highest BCUT2D eigenvalue weighted by molar-refractivity contribution is 6.12. The summed E-state index contributed by atoms with van der Waals surface area (Å²) in [6.07, 6.45) is 3.18. The van der Waals surface area contributed by atoms with Crippen LogP contribution in [0.4, 0.5) is 11.4 Å². The molecule has 24 heavy (non-hydrogen) atoms. The molecule has 0 aromatic heterocycles. The summed E-state index contributed by atoms with van der Waals surface area (Å²) < 4.78 is 0. The summed E-state index contributed by atoms with van der Waals surface area (Å²) in [4.78, 5) is 15.4. The van der Waals surface area contributed by atoms with Gasteiger partial charge in [0.15, 0.2) is 0 Å². The molecule has 1 aliphatic carbocycles. The van der Waals surface area contributed by atoms with E-state index in [2.05, 4.69) is 19.2 Å². The van der Waals surface area contributed by atoms with E-state index in [9.17, 15) is 4.79 Å². The van der Waals surface area contributed by atoms with E-state index >= 15 is 0 Å². The Morgan fingerprint density at radius 2 is 1.58 bits per heavy atom. The number of para-hydroxylation sites is 2. The fourth-order valence-corrected chi connectivity index (χ4v) is 4.72. The molecule has 2 aliphatic rings. The monoisotopic (exact) mass is 320 g/mol. The first kappa shape index (κ1) is 15.3. The Morgan fingerprint density at radius 3 is 2.29 bits per heavy atom. The van der Waals surface area contributed by atoms with Gasteiger partial charge in [-0.2, -0.15) is 0 Å². The largest absolute Gasteiger partial charge is 0.362 e. The van der Waals surface area contributed by atoms with E-state index < -0.39 is 0 Å². The second kappa shape index (κ2) is 5.66. The van der Waals surface area contributed by atoms with Crippen molar-refractivity contribution in [1.29, 1.82) is 0 Å². The fourth-order valence-electron chi connectivity index (χ4n) is 4.72. The molecule has 1 heterocycles. The van der Waals surface area contributed by atoms with Crippen LogP contribution < -0.4 is 10.2 Å². The van der Waals surface area contributed by atoms with Gasteiger partial charge in [0, 0.05) is 11.4 Å². The Hall–Kier alpha value is -2.29. The van der Waals surface area contributed by atoms with Crippen LogP contribution in [-0.2, 0) is 0 Å². The molecule has 2 atom stereocenters. The third-order valence-electron chi connectivity index (χ3n) is 5.35. The second-order valence-corrected chi connectivity index (χ2v) is 7.53. The normalized spacial score (nSPS) is 29.2. The Bertz CT molecular complexity index is 745. The van der Waals surface area contributed by atoms with Crippen molar-refractivity contribution in [3.8, 4) is 0 Å². The van der Waals surface area contributed by atoms with Crippen LogP contribution in [0, 0.1) is 11.8 Å². The number of carbonyl (C=O) groups is 1. The third-order valence-corrected chi connectivity index (χ3v) is 5.35. The average Bonchev–Trinajstić information content (AvgIpc) is 2.54. The molecule has 0 saturated heterocycles. The van der Waals surface area contributed by atoms with Crippen molar-refractivity contribution >= 4 is 17.3 Å². The zero-order valence-corrected chi connectivity index (χ0v) is 14.3. The summed E-state index contributed by atoms with van der Waals surface area (Å²) in [6.45, 7) is 4.60. The molecule has 4 rings (SSSR count). The number of nitrogens with one attached hydrogen (secondary N) is 1. The van der Waals surface area contributed by atoms with Gasteiger partial charge in [0.05, 0.1) is 5.56 Å². The van der Waals surface area contributed by atoms with Crippen molar-refractivity contribution in [3.05, 3.63) is 60.2 Å². The lowest BCUT2D eigenvalue weighted by Gasteiger charge is -2.53. The van der Waals surface area contributed by atoms with E-state index in [0.717, 1.165) is 29.8 Å². The quantitative estimate of drug-likeness (QED) is 0.809. The molecule has 1 spiro atoms. The molecule has 0 bridgehead atoms. The highest BCUT2D eigenvalue weighted by atomic mass is 16.2. The number of hydrogen-bond acceptors (Lipinski definition) is 2. The lowest BCUT2D eigenvalue weighted by Crippen LogP contribution is -2.63. The molecule has 1 aliphatic heterocycles. The van der Waals surface area contributed by atoms with Gasteiger partial charge in [0.25, 0.3) is 5.91 Å². The van der Waals surface area contributed by atoms with Gasteiger partial charge in [-0.1, -0.05) is 44.2 Å². The Balaban J connectivity index is 1.88. The van der Waals surface area contributed by atoms with Crippen LogP contribution in [0.3, 0.4) is 0 Å². The van der Waals surface area contributed by atoms with E-state index in [1.807, 2.05) is 59.5 Å². The lowest BCUT2D eigenvalue weighted by atomic mass is 9.74. The summed E-state index contributed by atoms with van der Waals surface area (Å²) >= 11 is 0. The maximum Gasteiger partial charge on any atom is 0.262 e. The van der Waals surface area contributed by atoms with Gasteiger partial charge in [0.2, 0.25) is 0 Å². The Kier molecular flexibility index (Phi) is 3.60. The molecule has 1 fully saturated rings. The molecule has 2 aromatic carbocycles. The van der Waals surface area contributed by atoms with Crippen LogP contribution in [0.2, 0.25) is 0 Å². The van der Waals surface area contributed by atoms with Crippen LogP contribution >= 0.6 is 0 Å². The zero-order valence-electron chi connectivity index (χ0n) is 14.3. The molecule has 2 aromatic rings. The van der Waals surface area contributed by atoms with Crippen molar-refractivity contribution in [2.45, 2.75) is 38.8 Å². The van der Waals surface area contributed by atoms with E-state index in [1.165, 1.54) is 6.42 Å². The third kappa shape index (κ3) is 2.39. The van der Waals surface area contributed by atoms with Crippen molar-refractivity contribution in [2.75, 3.05) is 10.2 Å². The summed E-state index contributed by atoms with van der Waals surface area (Å²) in [5.41, 5.74) is 2.38. The zero-order chi connectivity index (χ0) is 16.7. The first-order valence-corrected chi connectivity index (χ1v) is 8.86. The van der Waals surface area contributed by atoms with Gasteiger partial charge in [-0.3, -0.25) is 9.69 Å². The highest BCUT2D eigenvalue weighted by Crippen LogP contribution is 2.46. The molecule has 1 N–H and O–H groups in total. The van der Waals surface area contributed by atoms with Crippen LogP contribution in [-0.4, -0.2) is 11.6 Å². The minimum Gasteiger partial charge on any atom is -0.362 e. The average molecular weight is 320 g/mol. The van der Waals surface area contributed by atoms with Crippen molar-refractivity contribution < 1.29 is 4.79 Å². The molecule has 3 heteroatoms. The molecule has 124 valence electrons. The smallest absolute Gasteiger partial charge is 0.262 e. The molecule has 1 saturated carbocycles. The molecule has 1 amide bonds. The van der Waals surface area contributed by atoms with Crippen LogP contribution in [0.15, 0.2) is 54.6 Å². The maximum absolute atomic E-state index is 13.4. The molecule has 3 nitrogen and oxygen atoms in total. The van der Waals surface area contributed by atoms with Gasteiger partial charge < -0.3 is 5.32 Å². The molecular formula is C21H24N2O. The topological polar surface area (TPSA) is 32.3 Å². The van der Waals surface area contributed by atoms with Gasteiger partial charge in [-0.15, -0.1) is 0 Å². The summed E-state index contributed by atoms with van der Waals surface area (Å²) in [7, 11) is 0. The SMILES string of the molecule is C[C@@H]1C[C@@H](C)CC2(C1)Nc1ccccc1C(=O)N2c1ccccc1. The molecule has 0 radical (unpaired) electrons. The summed E-state index contributed by atoms with van der Waals surface area (Å²) in [5.74, 6) is 1.29. The lowest BCUT2D eigenvalue weighted by molar-refractivity contribution is 0.0908. The number of nitrogens with zero attached hydrogens (tertiary/aromatic N) is 1. The van der Waals surface area contributed by atoms with E-state index in [4.69, 9.17) is 0 Å². The number of rotatable bonds is 1. The van der Waals surface area contributed by atoms with Gasteiger partial charge >= 0.3 is 0 Å². The number of benzene rings is 2. The van der Waals surface area contributed by atoms with Gasteiger partial charge in [0.1, 0.15) is 5.66 Å². The first-order valence-electron chi connectivity index (χ1n) is 8.86. The van der Waals surface area contributed by atoms with Crippen molar-refractivity contribution in [2.24, 2.45) is 11.8 Å². The highest BCUT2D eigenvalue weighted by Gasteiger charge is 2.48. The summed E-state index contributed by atoms with van der Waals surface area (Å²) in [5, 5.41) is 3.76. The van der Waals surface area contributed by atoms with Gasteiger partial charge in [-0.25, -0.2) is 0 Å². The predicted octanol–water partition coefficient (Wildman–Crippen LogP) is 4.91. The molecular weight excluding hydrogens is 296 g/mol. The predicted molar refractivity (Wildman–Crippen MR) is 98.2 cm³/mol. The number of amides is 1. The number of anilines is 2. The fraction of sp³-hybridized carbons (Fsp3) is 0.381. The minimum atomic E-state index is -0.329. The van der Waals surface area contributed by atoms with Crippen LogP contribution in [0.5, 0.6) is 0 Å². The standard InChI is InChI=1S/C21H24N2O/c1-15-12-16(2)14-21(13-15)22-19-11-7-6-10-18(19)20(24)23(21)17-8-4-3-5-9-17/h3-11,15-16,22H,12-14H2,1-2H3/t15-,16-/m1/s1.